The van der Waals surface area contributed by atoms with Gasteiger partial charge in [0.2, 0.25) is 0 Å². The second-order valence-electron chi connectivity index (χ2n) is 7.31. The molecule has 2 aliphatic rings. The summed E-state index contributed by atoms with van der Waals surface area (Å²) < 4.78 is 19.0. The molecule has 1 saturated heterocycles. The highest BCUT2D eigenvalue weighted by Gasteiger charge is 2.27. The van der Waals surface area contributed by atoms with Crippen LogP contribution in [0.15, 0.2) is 42.5 Å². The minimum atomic E-state index is -0.163. The van der Waals surface area contributed by atoms with Gasteiger partial charge >= 0.3 is 0 Å². The largest absolute Gasteiger partial charge is 0.508 e. The van der Waals surface area contributed by atoms with E-state index in [-0.39, 0.29) is 11.9 Å². The summed E-state index contributed by atoms with van der Waals surface area (Å²) in [6.07, 6.45) is 4.46. The van der Waals surface area contributed by atoms with Gasteiger partial charge in [-0.1, -0.05) is 12.1 Å². The minimum Gasteiger partial charge on any atom is -0.508 e. The number of aromatic hydroxyl groups is 1. The number of piperidine rings is 1. The van der Waals surface area contributed by atoms with E-state index in [9.17, 15) is 9.50 Å². The summed E-state index contributed by atoms with van der Waals surface area (Å²) in [7, 11) is 0. The van der Waals surface area contributed by atoms with E-state index in [0.717, 1.165) is 43.8 Å². The zero-order chi connectivity index (χ0) is 17.2. The number of hydrogen-bond donors (Lipinski definition) is 1. The Kier molecular flexibility index (Phi) is 4.62. The predicted octanol–water partition coefficient (Wildman–Crippen LogP) is 3.79. The number of hydrogen-bond acceptors (Lipinski definition) is 3. The van der Waals surface area contributed by atoms with Gasteiger partial charge in [0.05, 0.1) is 0 Å². The number of nitrogens with zero attached hydrogens (tertiary/aromatic N) is 1. The van der Waals surface area contributed by atoms with E-state index in [1.807, 2.05) is 24.3 Å². The average molecular weight is 341 g/mol. The Morgan fingerprint density at radius 2 is 1.84 bits per heavy atom. The Morgan fingerprint density at radius 3 is 2.60 bits per heavy atom. The van der Waals surface area contributed by atoms with Crippen LogP contribution in [0.2, 0.25) is 0 Å². The first kappa shape index (κ1) is 16.4. The number of phenolic OH excluding ortho intramolecular Hbond substituents is 1. The summed E-state index contributed by atoms with van der Waals surface area (Å²) in [5, 5.41) is 9.58. The predicted molar refractivity (Wildman–Crippen MR) is 95.5 cm³/mol. The Hall–Kier alpha value is -2.07. The highest BCUT2D eigenvalue weighted by atomic mass is 19.1. The molecule has 0 aliphatic carbocycles. The summed E-state index contributed by atoms with van der Waals surface area (Å²) in [6, 6.07) is 12.3. The van der Waals surface area contributed by atoms with Crippen LogP contribution in [0.4, 0.5) is 4.39 Å². The SMILES string of the molecule is Oc1ccc2c(c1)CC(CN1CCC(Cc3ccc(F)cc3)CC1)O2. The molecule has 25 heavy (non-hydrogen) atoms. The molecule has 0 radical (unpaired) electrons. The third-order valence-electron chi connectivity index (χ3n) is 5.39. The lowest BCUT2D eigenvalue weighted by molar-refractivity contribution is 0.117. The quantitative estimate of drug-likeness (QED) is 0.918. The standard InChI is InChI=1S/C21H24FNO2/c22-18-3-1-15(2-4-18)11-16-7-9-23(10-8-16)14-20-13-17-12-19(24)5-6-21(17)25-20/h1-6,12,16,20,24H,7-11,13-14H2. The Balaban J connectivity index is 1.25. The third-order valence-corrected chi connectivity index (χ3v) is 5.39. The van der Waals surface area contributed by atoms with Gasteiger partial charge in [-0.2, -0.15) is 0 Å². The van der Waals surface area contributed by atoms with Crippen LogP contribution in [0.25, 0.3) is 0 Å². The Labute approximate surface area is 148 Å². The highest BCUT2D eigenvalue weighted by Crippen LogP contribution is 2.32. The van der Waals surface area contributed by atoms with Crippen LogP contribution in [-0.4, -0.2) is 35.7 Å². The Bertz CT molecular complexity index is 723. The van der Waals surface area contributed by atoms with E-state index in [4.69, 9.17) is 4.74 Å². The fourth-order valence-electron chi connectivity index (χ4n) is 4.02. The molecule has 4 heteroatoms. The fraction of sp³-hybridized carbons (Fsp3) is 0.429. The van der Waals surface area contributed by atoms with Gasteiger partial charge in [-0.25, -0.2) is 4.39 Å². The van der Waals surface area contributed by atoms with Crippen molar-refractivity contribution in [1.82, 2.24) is 4.90 Å². The third kappa shape index (κ3) is 3.96. The van der Waals surface area contributed by atoms with Crippen LogP contribution in [0.5, 0.6) is 11.5 Å². The maximum absolute atomic E-state index is 13.0. The van der Waals surface area contributed by atoms with Crippen LogP contribution < -0.4 is 4.74 Å². The number of phenols is 1. The molecule has 0 saturated carbocycles. The first-order valence-corrected chi connectivity index (χ1v) is 9.11. The van der Waals surface area contributed by atoms with E-state index in [1.165, 1.54) is 18.4 Å². The molecule has 2 aromatic rings. The normalized spacial score (nSPS) is 21.1. The zero-order valence-electron chi connectivity index (χ0n) is 14.3. The van der Waals surface area contributed by atoms with Crippen molar-refractivity contribution >= 4 is 0 Å². The van der Waals surface area contributed by atoms with Gasteiger partial charge in [0.15, 0.2) is 0 Å². The first-order valence-electron chi connectivity index (χ1n) is 9.11. The van der Waals surface area contributed by atoms with Gasteiger partial charge in [0.1, 0.15) is 23.4 Å². The molecule has 2 heterocycles. The molecule has 2 aromatic carbocycles. The van der Waals surface area contributed by atoms with E-state index in [1.54, 1.807) is 18.2 Å². The second kappa shape index (κ2) is 7.04. The van der Waals surface area contributed by atoms with Gasteiger partial charge in [0, 0.05) is 18.5 Å². The fourth-order valence-corrected chi connectivity index (χ4v) is 4.02. The molecule has 0 aromatic heterocycles. The number of halogens is 1. The van der Waals surface area contributed by atoms with E-state index in [0.29, 0.717) is 11.7 Å². The lowest BCUT2D eigenvalue weighted by Crippen LogP contribution is -2.40. The molecule has 4 rings (SSSR count). The van der Waals surface area contributed by atoms with Crippen molar-refractivity contribution in [3.63, 3.8) is 0 Å². The number of benzene rings is 2. The molecule has 0 bridgehead atoms. The lowest BCUT2D eigenvalue weighted by Gasteiger charge is -2.33. The van der Waals surface area contributed by atoms with Crippen molar-refractivity contribution in [2.75, 3.05) is 19.6 Å². The summed E-state index contributed by atoms with van der Waals surface area (Å²) in [4.78, 5) is 2.48. The van der Waals surface area contributed by atoms with Crippen molar-refractivity contribution in [1.29, 1.82) is 0 Å². The molecule has 0 amide bonds. The van der Waals surface area contributed by atoms with E-state index >= 15 is 0 Å². The monoisotopic (exact) mass is 341 g/mol. The number of fused-ring (bicyclic) bond motifs is 1. The van der Waals surface area contributed by atoms with Crippen molar-refractivity contribution in [3.8, 4) is 11.5 Å². The van der Waals surface area contributed by atoms with Gasteiger partial charge < -0.3 is 9.84 Å². The molecule has 0 spiro atoms. The van der Waals surface area contributed by atoms with Crippen LogP contribution in [0.3, 0.4) is 0 Å². The molecule has 3 nitrogen and oxygen atoms in total. The van der Waals surface area contributed by atoms with Crippen molar-refractivity contribution in [2.24, 2.45) is 5.92 Å². The molecular weight excluding hydrogens is 317 g/mol. The molecule has 2 aliphatic heterocycles. The van der Waals surface area contributed by atoms with Crippen molar-refractivity contribution < 1.29 is 14.2 Å². The summed E-state index contributed by atoms with van der Waals surface area (Å²) >= 11 is 0. The molecule has 1 unspecified atom stereocenters. The smallest absolute Gasteiger partial charge is 0.123 e. The van der Waals surface area contributed by atoms with Crippen LogP contribution in [-0.2, 0) is 12.8 Å². The molecule has 1 fully saturated rings. The highest BCUT2D eigenvalue weighted by molar-refractivity contribution is 5.42. The van der Waals surface area contributed by atoms with Crippen molar-refractivity contribution in [2.45, 2.75) is 31.8 Å². The topological polar surface area (TPSA) is 32.7 Å². The molecular formula is C21H24FNO2. The summed E-state index contributed by atoms with van der Waals surface area (Å²) in [5.41, 5.74) is 2.34. The summed E-state index contributed by atoms with van der Waals surface area (Å²) in [6.45, 7) is 3.12. The van der Waals surface area contributed by atoms with Gasteiger partial charge in [-0.05, 0) is 74.2 Å². The second-order valence-corrected chi connectivity index (χ2v) is 7.31. The average Bonchev–Trinajstić information content (AvgIpc) is 3.00. The van der Waals surface area contributed by atoms with Crippen LogP contribution in [0.1, 0.15) is 24.0 Å². The van der Waals surface area contributed by atoms with Crippen LogP contribution >= 0.6 is 0 Å². The van der Waals surface area contributed by atoms with Crippen LogP contribution in [0, 0.1) is 11.7 Å². The van der Waals surface area contributed by atoms with E-state index in [2.05, 4.69) is 4.90 Å². The van der Waals surface area contributed by atoms with E-state index < -0.39 is 0 Å². The lowest BCUT2D eigenvalue weighted by atomic mass is 9.90. The van der Waals surface area contributed by atoms with Gasteiger partial charge in [-0.3, -0.25) is 4.90 Å². The minimum absolute atomic E-state index is 0.163. The molecule has 132 valence electrons. The number of likely N-dealkylation sites (tertiary alicyclic amines) is 1. The van der Waals surface area contributed by atoms with Crippen molar-refractivity contribution in [3.05, 3.63) is 59.4 Å². The molecule has 1 N–H and O–H groups in total. The molecule has 1 atom stereocenters. The number of rotatable bonds is 4. The summed E-state index contributed by atoms with van der Waals surface area (Å²) in [5.74, 6) is 1.74. The first-order chi connectivity index (χ1) is 12.2. The number of ether oxygens (including phenoxy) is 1. The van der Waals surface area contributed by atoms with Gasteiger partial charge in [-0.15, -0.1) is 0 Å². The van der Waals surface area contributed by atoms with Gasteiger partial charge in [0.25, 0.3) is 0 Å². The maximum Gasteiger partial charge on any atom is 0.123 e. The maximum atomic E-state index is 13.0. The zero-order valence-corrected chi connectivity index (χ0v) is 14.3. The Morgan fingerprint density at radius 1 is 1.08 bits per heavy atom.